The van der Waals surface area contributed by atoms with E-state index < -0.39 is 0 Å². The van der Waals surface area contributed by atoms with Crippen molar-refractivity contribution in [1.82, 2.24) is 0 Å². The molecule has 1 rings (SSSR count). The van der Waals surface area contributed by atoms with Gasteiger partial charge in [-0.15, -0.1) is 0 Å². The van der Waals surface area contributed by atoms with Gasteiger partial charge in [-0.05, 0) is 29.4 Å². The minimum atomic E-state index is -0.359. The Hall–Kier alpha value is -1.91. The highest BCUT2D eigenvalue weighted by atomic mass is 16.6. The van der Waals surface area contributed by atoms with Crippen LogP contribution in [-0.4, -0.2) is 10.8 Å². The standard InChI is InChI=1S/C17H26N2O3/c1-10-14(18-11(2)20)12(16(3,4)5)9-13(17(6,7)8)15(10)19(21)22/h9H,1-8H3,(H,18,20). The zero-order valence-corrected chi connectivity index (χ0v) is 14.7. The quantitative estimate of drug-likeness (QED) is 0.647. The Balaban J connectivity index is 3.89. The summed E-state index contributed by atoms with van der Waals surface area (Å²) < 4.78 is 0. The lowest BCUT2D eigenvalue weighted by atomic mass is 9.77. The molecule has 1 aromatic rings. The molecule has 1 amide bonds. The fraction of sp³-hybridized carbons (Fsp3) is 0.588. The third-order valence-electron chi connectivity index (χ3n) is 3.64. The number of nitrogens with one attached hydrogen (secondary N) is 1. The lowest BCUT2D eigenvalue weighted by molar-refractivity contribution is -0.386. The SMILES string of the molecule is CC(=O)Nc1c(C(C)(C)C)cc(C(C)(C)C)c([N+](=O)[O-])c1C. The van der Waals surface area contributed by atoms with E-state index in [1.54, 1.807) is 6.92 Å². The van der Waals surface area contributed by atoms with Crippen LogP contribution < -0.4 is 5.32 Å². The normalized spacial score (nSPS) is 12.2. The summed E-state index contributed by atoms with van der Waals surface area (Å²) in [6, 6.07) is 1.87. The Morgan fingerprint density at radius 1 is 1.09 bits per heavy atom. The van der Waals surface area contributed by atoms with Gasteiger partial charge in [0.1, 0.15) is 0 Å². The number of amides is 1. The van der Waals surface area contributed by atoms with Crippen molar-refractivity contribution in [2.24, 2.45) is 0 Å². The summed E-state index contributed by atoms with van der Waals surface area (Å²) in [5, 5.41) is 14.4. The van der Waals surface area contributed by atoms with Crippen LogP contribution in [0.3, 0.4) is 0 Å². The van der Waals surface area contributed by atoms with Gasteiger partial charge < -0.3 is 5.32 Å². The molecule has 0 atom stereocenters. The first-order valence-electron chi connectivity index (χ1n) is 7.37. The number of anilines is 1. The molecule has 0 spiro atoms. The Kier molecular flexibility index (Phi) is 4.70. The van der Waals surface area contributed by atoms with Crippen LogP contribution in [0.5, 0.6) is 0 Å². The van der Waals surface area contributed by atoms with Crippen LogP contribution in [0.15, 0.2) is 6.07 Å². The number of carbonyl (C=O) groups is 1. The highest BCUT2D eigenvalue weighted by molar-refractivity contribution is 5.92. The zero-order valence-electron chi connectivity index (χ0n) is 14.7. The number of benzene rings is 1. The molecule has 0 saturated carbocycles. The molecule has 122 valence electrons. The van der Waals surface area contributed by atoms with Crippen molar-refractivity contribution in [2.45, 2.75) is 66.2 Å². The molecule has 0 bridgehead atoms. The van der Waals surface area contributed by atoms with Crippen LogP contribution in [0.4, 0.5) is 11.4 Å². The van der Waals surface area contributed by atoms with Crippen LogP contribution in [0.2, 0.25) is 0 Å². The Bertz CT molecular complexity index is 620. The molecular weight excluding hydrogens is 280 g/mol. The van der Waals surface area contributed by atoms with E-state index in [0.717, 1.165) is 5.56 Å². The van der Waals surface area contributed by atoms with Gasteiger partial charge in [0, 0.05) is 12.5 Å². The second kappa shape index (κ2) is 5.71. The van der Waals surface area contributed by atoms with Gasteiger partial charge in [0.15, 0.2) is 0 Å². The molecule has 1 N–H and O–H groups in total. The van der Waals surface area contributed by atoms with Crippen LogP contribution in [0.1, 0.15) is 65.2 Å². The highest BCUT2D eigenvalue weighted by Crippen LogP contribution is 2.43. The Morgan fingerprint density at radius 3 is 1.86 bits per heavy atom. The lowest BCUT2D eigenvalue weighted by Crippen LogP contribution is -2.22. The van der Waals surface area contributed by atoms with Crippen molar-refractivity contribution in [3.8, 4) is 0 Å². The average molecular weight is 306 g/mol. The number of nitro benzene ring substituents is 1. The van der Waals surface area contributed by atoms with Gasteiger partial charge in [0.05, 0.1) is 16.2 Å². The molecule has 0 aliphatic rings. The molecular formula is C17H26N2O3. The number of nitrogens with zero attached hydrogens (tertiary/aromatic N) is 1. The number of hydrogen-bond acceptors (Lipinski definition) is 3. The molecule has 0 aliphatic carbocycles. The summed E-state index contributed by atoms with van der Waals surface area (Å²) in [5.41, 5.74) is 2.16. The molecule has 1 aromatic carbocycles. The molecule has 0 aliphatic heterocycles. The lowest BCUT2D eigenvalue weighted by Gasteiger charge is -2.29. The Labute approximate surface area is 132 Å². The fourth-order valence-corrected chi connectivity index (χ4v) is 2.54. The molecule has 0 fully saturated rings. The maximum Gasteiger partial charge on any atom is 0.278 e. The van der Waals surface area contributed by atoms with E-state index in [1.807, 2.05) is 47.6 Å². The van der Waals surface area contributed by atoms with E-state index in [2.05, 4.69) is 5.32 Å². The summed E-state index contributed by atoms with van der Waals surface area (Å²) in [5.74, 6) is -0.230. The Morgan fingerprint density at radius 2 is 1.55 bits per heavy atom. The van der Waals surface area contributed by atoms with E-state index >= 15 is 0 Å². The monoisotopic (exact) mass is 306 g/mol. The van der Waals surface area contributed by atoms with Gasteiger partial charge in [0.25, 0.3) is 5.69 Å². The summed E-state index contributed by atoms with van der Waals surface area (Å²) in [6.45, 7) is 15.1. The van der Waals surface area contributed by atoms with Crippen LogP contribution in [-0.2, 0) is 15.6 Å². The predicted octanol–water partition coefficient (Wildman–Crippen LogP) is 4.46. The maximum absolute atomic E-state index is 11.6. The topological polar surface area (TPSA) is 72.2 Å². The maximum atomic E-state index is 11.6. The highest BCUT2D eigenvalue weighted by Gasteiger charge is 2.33. The van der Waals surface area contributed by atoms with Gasteiger partial charge in [-0.1, -0.05) is 41.5 Å². The summed E-state index contributed by atoms with van der Waals surface area (Å²) in [7, 11) is 0. The minimum Gasteiger partial charge on any atom is -0.326 e. The molecule has 22 heavy (non-hydrogen) atoms. The number of rotatable bonds is 2. The van der Waals surface area contributed by atoms with E-state index in [-0.39, 0.29) is 27.3 Å². The molecule has 5 heteroatoms. The fourth-order valence-electron chi connectivity index (χ4n) is 2.54. The predicted molar refractivity (Wildman–Crippen MR) is 89.5 cm³/mol. The van der Waals surface area contributed by atoms with Crippen molar-refractivity contribution in [1.29, 1.82) is 0 Å². The van der Waals surface area contributed by atoms with Crippen molar-refractivity contribution in [2.75, 3.05) is 5.32 Å². The van der Waals surface area contributed by atoms with E-state index in [0.29, 0.717) is 16.8 Å². The second-order valence-corrected chi connectivity index (χ2v) is 7.76. The van der Waals surface area contributed by atoms with Crippen LogP contribution in [0.25, 0.3) is 0 Å². The van der Waals surface area contributed by atoms with Crippen LogP contribution in [0, 0.1) is 17.0 Å². The van der Waals surface area contributed by atoms with Crippen molar-refractivity contribution >= 4 is 17.3 Å². The summed E-state index contributed by atoms with van der Waals surface area (Å²) in [4.78, 5) is 22.8. The van der Waals surface area contributed by atoms with Gasteiger partial charge in [0.2, 0.25) is 5.91 Å². The summed E-state index contributed by atoms with van der Waals surface area (Å²) in [6.07, 6.45) is 0. The van der Waals surface area contributed by atoms with E-state index in [9.17, 15) is 14.9 Å². The number of nitro groups is 1. The number of hydrogen-bond donors (Lipinski definition) is 1. The molecule has 5 nitrogen and oxygen atoms in total. The van der Waals surface area contributed by atoms with Crippen molar-refractivity contribution in [3.63, 3.8) is 0 Å². The van der Waals surface area contributed by atoms with Crippen LogP contribution >= 0.6 is 0 Å². The van der Waals surface area contributed by atoms with Gasteiger partial charge in [-0.3, -0.25) is 14.9 Å². The molecule has 0 unspecified atom stereocenters. The molecule has 0 saturated heterocycles. The van der Waals surface area contributed by atoms with Gasteiger partial charge in [-0.25, -0.2) is 0 Å². The smallest absolute Gasteiger partial charge is 0.278 e. The molecule has 0 aromatic heterocycles. The minimum absolute atomic E-state index is 0.0873. The number of carbonyl (C=O) groups excluding carboxylic acids is 1. The first-order chi connectivity index (χ1) is 9.76. The van der Waals surface area contributed by atoms with Gasteiger partial charge >= 0.3 is 0 Å². The van der Waals surface area contributed by atoms with Crippen molar-refractivity contribution in [3.05, 3.63) is 32.9 Å². The van der Waals surface area contributed by atoms with Crippen molar-refractivity contribution < 1.29 is 9.72 Å². The van der Waals surface area contributed by atoms with E-state index in [4.69, 9.17) is 0 Å². The molecule has 0 radical (unpaired) electrons. The largest absolute Gasteiger partial charge is 0.326 e. The third kappa shape index (κ3) is 3.64. The zero-order chi connectivity index (χ0) is 17.5. The first-order valence-corrected chi connectivity index (χ1v) is 7.37. The third-order valence-corrected chi connectivity index (χ3v) is 3.64. The average Bonchev–Trinajstić information content (AvgIpc) is 2.26. The summed E-state index contributed by atoms with van der Waals surface area (Å²) >= 11 is 0. The van der Waals surface area contributed by atoms with E-state index in [1.165, 1.54) is 6.92 Å². The van der Waals surface area contributed by atoms with Gasteiger partial charge in [-0.2, -0.15) is 0 Å². The molecule has 0 heterocycles. The first kappa shape index (κ1) is 18.1. The second-order valence-electron chi connectivity index (χ2n) is 7.76.